The first kappa shape index (κ1) is 28.2. The first-order chi connectivity index (χ1) is 16.1. The van der Waals surface area contributed by atoms with Gasteiger partial charge >= 0.3 is 0 Å². The molecule has 5 aliphatic rings. The summed E-state index contributed by atoms with van der Waals surface area (Å²) in [5.41, 5.74) is 2.89. The number of aliphatic hydroxyl groups is 2. The van der Waals surface area contributed by atoms with Gasteiger partial charge in [-0.3, -0.25) is 0 Å². The third kappa shape index (κ3) is 3.79. The molecule has 0 heterocycles. The molecule has 0 aromatic carbocycles. The largest absolute Gasteiger partial charge is 0.396 e. The Labute approximate surface area is 212 Å². The Morgan fingerprint density at radius 2 is 1.56 bits per heavy atom. The van der Waals surface area contributed by atoms with Crippen molar-refractivity contribution >= 4 is 0 Å². The van der Waals surface area contributed by atoms with Crippen LogP contribution in [0.1, 0.15) is 127 Å². The molecule has 5 rings (SSSR count). The Morgan fingerprint density at radius 1 is 0.882 bits per heavy atom. The number of rotatable bonds is 1. The Kier molecular flexibility index (Phi) is 8.47. The monoisotopic (exact) mass is 474 g/mol. The standard InChI is InChI=1S/C28H46O2.2C2H6/c1-18-7-6-12-28(17-29)16-15-26(4)21(24(18)28)8-9-23-25(3)13-11-22(30)19(2)20(25)10-14-27(23,26)5;2*1-2/h8,18-20,22-24,29-30H,6-7,9-17H2,1-5H3;2*1-2H3. The Hall–Kier alpha value is -0.340. The summed E-state index contributed by atoms with van der Waals surface area (Å²) < 4.78 is 0. The van der Waals surface area contributed by atoms with Crippen molar-refractivity contribution in [2.75, 3.05) is 6.61 Å². The predicted molar refractivity (Wildman–Crippen MR) is 146 cm³/mol. The summed E-state index contributed by atoms with van der Waals surface area (Å²) in [4.78, 5) is 0. The van der Waals surface area contributed by atoms with E-state index >= 15 is 0 Å². The van der Waals surface area contributed by atoms with Crippen molar-refractivity contribution in [2.45, 2.75) is 133 Å². The molecule has 2 nitrogen and oxygen atoms in total. The van der Waals surface area contributed by atoms with Gasteiger partial charge in [-0.15, -0.1) is 0 Å². The van der Waals surface area contributed by atoms with E-state index in [4.69, 9.17) is 0 Å². The molecule has 0 aromatic heterocycles. The van der Waals surface area contributed by atoms with E-state index in [1.165, 1.54) is 57.8 Å². The van der Waals surface area contributed by atoms with Crippen LogP contribution in [0.15, 0.2) is 11.6 Å². The fourth-order valence-electron chi connectivity index (χ4n) is 10.4. The highest BCUT2D eigenvalue weighted by Gasteiger charge is 2.66. The van der Waals surface area contributed by atoms with Gasteiger partial charge < -0.3 is 10.2 Å². The SMILES string of the molecule is CC.CC.CC1CCCC2(CO)CCC3(C)C(=CCC4C5(C)CCC(O)C(C)C5CCC43C)C12. The lowest BCUT2D eigenvalue weighted by molar-refractivity contribution is -0.182. The Morgan fingerprint density at radius 3 is 2.21 bits per heavy atom. The smallest absolute Gasteiger partial charge is 0.0568 e. The summed E-state index contributed by atoms with van der Waals surface area (Å²) in [6.45, 7) is 21.0. The number of allylic oxidation sites excluding steroid dienone is 2. The summed E-state index contributed by atoms with van der Waals surface area (Å²) in [5.74, 6) is 3.14. The maximum absolute atomic E-state index is 10.6. The Bertz CT molecular complexity index is 729. The van der Waals surface area contributed by atoms with Crippen LogP contribution in [0.2, 0.25) is 0 Å². The van der Waals surface area contributed by atoms with Crippen molar-refractivity contribution in [1.29, 1.82) is 0 Å². The molecule has 34 heavy (non-hydrogen) atoms. The first-order valence-electron chi connectivity index (χ1n) is 15.1. The van der Waals surface area contributed by atoms with Gasteiger partial charge in [0.2, 0.25) is 0 Å². The molecule has 10 atom stereocenters. The van der Waals surface area contributed by atoms with E-state index in [-0.39, 0.29) is 16.9 Å². The zero-order chi connectivity index (χ0) is 25.5. The van der Waals surface area contributed by atoms with Crippen LogP contribution >= 0.6 is 0 Å². The summed E-state index contributed by atoms with van der Waals surface area (Å²) in [6, 6.07) is 0. The van der Waals surface area contributed by atoms with Crippen molar-refractivity contribution in [3.8, 4) is 0 Å². The molecule has 0 saturated heterocycles. The Balaban J connectivity index is 0.000000771. The minimum atomic E-state index is -0.0966. The normalized spacial score (nSPS) is 51.6. The van der Waals surface area contributed by atoms with E-state index in [1.807, 2.05) is 27.7 Å². The van der Waals surface area contributed by atoms with Crippen molar-refractivity contribution in [1.82, 2.24) is 0 Å². The number of hydrogen-bond acceptors (Lipinski definition) is 2. The maximum atomic E-state index is 10.6. The van der Waals surface area contributed by atoms with Crippen molar-refractivity contribution in [2.24, 2.45) is 51.2 Å². The van der Waals surface area contributed by atoms with E-state index in [2.05, 4.69) is 40.7 Å². The summed E-state index contributed by atoms with van der Waals surface area (Å²) in [5, 5.41) is 21.2. The first-order valence-corrected chi connectivity index (χ1v) is 15.1. The zero-order valence-electron chi connectivity index (χ0n) is 24.2. The van der Waals surface area contributed by atoms with Gasteiger partial charge in [-0.2, -0.15) is 0 Å². The van der Waals surface area contributed by atoms with E-state index < -0.39 is 0 Å². The van der Waals surface area contributed by atoms with Gasteiger partial charge in [-0.25, -0.2) is 0 Å². The van der Waals surface area contributed by atoms with Gasteiger partial charge in [0, 0.05) is 12.0 Å². The van der Waals surface area contributed by atoms with Crippen LogP contribution in [0, 0.1) is 51.2 Å². The highest BCUT2D eigenvalue weighted by Crippen LogP contribution is 2.74. The van der Waals surface area contributed by atoms with Crippen LogP contribution in [0.3, 0.4) is 0 Å². The molecule has 2 heteroatoms. The third-order valence-corrected chi connectivity index (χ3v) is 12.4. The van der Waals surface area contributed by atoms with Crippen LogP contribution in [-0.4, -0.2) is 22.9 Å². The summed E-state index contributed by atoms with van der Waals surface area (Å²) in [7, 11) is 0. The maximum Gasteiger partial charge on any atom is 0.0568 e. The van der Waals surface area contributed by atoms with Crippen LogP contribution in [0.5, 0.6) is 0 Å². The molecular weight excluding hydrogens is 416 g/mol. The summed E-state index contributed by atoms with van der Waals surface area (Å²) in [6.07, 6.45) is 14.9. The molecule has 10 unspecified atom stereocenters. The van der Waals surface area contributed by atoms with E-state index in [1.54, 1.807) is 5.57 Å². The van der Waals surface area contributed by atoms with Gasteiger partial charge in [0.1, 0.15) is 0 Å². The van der Waals surface area contributed by atoms with Gasteiger partial charge in [-0.1, -0.05) is 86.8 Å². The molecule has 0 aromatic rings. The van der Waals surface area contributed by atoms with Crippen molar-refractivity contribution in [3.63, 3.8) is 0 Å². The molecular formula is C32H58O2. The second kappa shape index (κ2) is 10.2. The van der Waals surface area contributed by atoms with Crippen LogP contribution in [-0.2, 0) is 0 Å². The second-order valence-electron chi connectivity index (χ2n) is 13.2. The molecule has 0 spiro atoms. The number of fused-ring (bicyclic) bond motifs is 7. The van der Waals surface area contributed by atoms with Crippen LogP contribution in [0.4, 0.5) is 0 Å². The number of aliphatic hydroxyl groups excluding tert-OH is 2. The molecule has 4 fully saturated rings. The molecule has 0 aliphatic heterocycles. The van der Waals surface area contributed by atoms with Crippen molar-refractivity contribution in [3.05, 3.63) is 11.6 Å². The zero-order valence-corrected chi connectivity index (χ0v) is 24.2. The molecule has 0 amide bonds. The highest BCUT2D eigenvalue weighted by molar-refractivity contribution is 5.33. The highest BCUT2D eigenvalue weighted by atomic mass is 16.3. The van der Waals surface area contributed by atoms with Crippen LogP contribution in [0.25, 0.3) is 0 Å². The van der Waals surface area contributed by atoms with Gasteiger partial charge in [0.05, 0.1) is 6.10 Å². The average molecular weight is 475 g/mol. The molecule has 0 bridgehead atoms. The molecule has 5 aliphatic carbocycles. The molecule has 0 radical (unpaired) electrons. The molecule has 4 saturated carbocycles. The molecule has 198 valence electrons. The summed E-state index contributed by atoms with van der Waals surface area (Å²) >= 11 is 0. The number of hydrogen-bond donors (Lipinski definition) is 2. The van der Waals surface area contributed by atoms with Gasteiger partial charge in [0.25, 0.3) is 0 Å². The molecule has 2 N–H and O–H groups in total. The average Bonchev–Trinajstić information content (AvgIpc) is 2.85. The van der Waals surface area contributed by atoms with Crippen molar-refractivity contribution < 1.29 is 10.2 Å². The van der Waals surface area contributed by atoms with E-state index in [0.717, 1.165) is 12.3 Å². The van der Waals surface area contributed by atoms with Crippen LogP contribution < -0.4 is 0 Å². The second-order valence-corrected chi connectivity index (χ2v) is 13.2. The minimum absolute atomic E-state index is 0.0966. The van der Waals surface area contributed by atoms with E-state index in [9.17, 15) is 10.2 Å². The lowest BCUT2D eigenvalue weighted by Gasteiger charge is -2.70. The lowest BCUT2D eigenvalue weighted by atomic mass is 9.34. The fourth-order valence-corrected chi connectivity index (χ4v) is 10.4. The third-order valence-electron chi connectivity index (χ3n) is 12.4. The van der Waals surface area contributed by atoms with Gasteiger partial charge in [-0.05, 0) is 97.2 Å². The van der Waals surface area contributed by atoms with E-state index in [0.29, 0.717) is 41.1 Å². The topological polar surface area (TPSA) is 40.5 Å². The van der Waals surface area contributed by atoms with Gasteiger partial charge in [0.15, 0.2) is 0 Å². The minimum Gasteiger partial charge on any atom is -0.396 e. The predicted octanol–water partition coefficient (Wildman–Crippen LogP) is 8.41. The fraction of sp³-hybridized carbons (Fsp3) is 0.938. The quantitative estimate of drug-likeness (QED) is 0.374. The lowest BCUT2D eigenvalue weighted by Crippen LogP contribution is -2.63.